The van der Waals surface area contributed by atoms with Crippen molar-refractivity contribution in [2.75, 3.05) is 0 Å². The van der Waals surface area contributed by atoms with Crippen LogP contribution in [-0.2, 0) is 23.6 Å². The fraction of sp³-hybridized carbons (Fsp3) is 0.500. The molecule has 0 aromatic heterocycles. The molecule has 0 fully saturated rings. The molecule has 0 saturated heterocycles. The number of hydrogen-bond acceptors (Lipinski definition) is 6. The highest BCUT2D eigenvalue weighted by Crippen LogP contribution is 1.94. The lowest BCUT2D eigenvalue weighted by atomic mass is 10.2. The number of hydrogen-bond donors (Lipinski definition) is 1. The van der Waals surface area contributed by atoms with Crippen LogP contribution in [-0.4, -0.2) is 25.2 Å². The molecule has 74 valence electrons. The van der Waals surface area contributed by atoms with E-state index in [0.29, 0.717) is 0 Å². The maximum absolute atomic E-state index is 10.5. The molecule has 0 aromatic carbocycles. The van der Waals surface area contributed by atoms with E-state index < -0.39 is 19.3 Å². The molecule has 0 heterocycles. The van der Waals surface area contributed by atoms with E-state index in [9.17, 15) is 9.59 Å². The Balaban J connectivity index is 4.10. The van der Waals surface area contributed by atoms with Gasteiger partial charge in [0, 0.05) is 20.8 Å². The number of nitrogens with one attached hydrogen (secondary N) is 1. The summed E-state index contributed by atoms with van der Waals surface area (Å²) in [6, 6.07) is 0. The van der Waals surface area contributed by atoms with Crippen LogP contribution >= 0.6 is 0 Å². The normalized spacial score (nSPS) is 9.23. The summed E-state index contributed by atoms with van der Waals surface area (Å²) in [5.74, 6) is -1.42. The summed E-state index contributed by atoms with van der Waals surface area (Å²) in [5, 5.41) is 6.93. The summed E-state index contributed by atoms with van der Waals surface area (Å²) >= 11 is 0. The molecule has 0 aliphatic heterocycles. The molecule has 0 spiro atoms. The van der Waals surface area contributed by atoms with Crippen molar-refractivity contribution < 1.29 is 23.6 Å². The predicted molar refractivity (Wildman–Crippen MR) is 45.2 cm³/mol. The topological polar surface area (TPSA) is 85.7 Å². The second-order valence-electron chi connectivity index (χ2n) is 2.33. The Morgan fingerprint density at radius 2 is 1.38 bits per heavy atom. The monoisotopic (exact) mass is 188 g/mol. The minimum Gasteiger partial charge on any atom is -0.642 e. The van der Waals surface area contributed by atoms with Crippen LogP contribution in [0.2, 0.25) is 0 Å². The molecule has 0 rings (SSSR count). The zero-order valence-corrected chi connectivity index (χ0v) is 7.75. The lowest BCUT2D eigenvalue weighted by Crippen LogP contribution is -2.32. The van der Waals surface area contributed by atoms with Crippen molar-refractivity contribution in [2.24, 2.45) is 0 Å². The fourth-order valence-corrected chi connectivity index (χ4v) is 0.597. The summed E-state index contributed by atoms with van der Waals surface area (Å²) in [5.41, 5.74) is 0. The molecule has 0 aliphatic rings. The van der Waals surface area contributed by atoms with Gasteiger partial charge in [-0.2, -0.15) is 0 Å². The number of carbonyl (C=O) groups excluding carboxylic acids is 2. The molecule has 13 heavy (non-hydrogen) atoms. The van der Waals surface area contributed by atoms with Crippen molar-refractivity contribution in [3.05, 3.63) is 0 Å². The smallest absolute Gasteiger partial charge is 0.540 e. The molecular weight excluding hydrogens is 177 g/mol. The van der Waals surface area contributed by atoms with Crippen molar-refractivity contribution in [2.45, 2.75) is 20.8 Å². The fourth-order valence-electron chi connectivity index (χ4n) is 0.597. The Morgan fingerprint density at radius 1 is 1.00 bits per heavy atom. The van der Waals surface area contributed by atoms with Crippen LogP contribution in [0, 0.1) is 5.41 Å². The largest absolute Gasteiger partial charge is 0.642 e. The van der Waals surface area contributed by atoms with Gasteiger partial charge in [-0.15, -0.1) is 0 Å². The molecule has 0 unspecified atom stereocenters. The molecule has 6 nitrogen and oxygen atoms in total. The van der Waals surface area contributed by atoms with Crippen LogP contribution < -0.4 is 0 Å². The third-order valence-electron chi connectivity index (χ3n) is 0.977. The zero-order valence-electron chi connectivity index (χ0n) is 7.75. The third kappa shape index (κ3) is 6.86. The van der Waals surface area contributed by atoms with E-state index >= 15 is 0 Å². The van der Waals surface area contributed by atoms with E-state index in [4.69, 9.17) is 5.41 Å². The first-order chi connectivity index (χ1) is 5.91. The number of carbonyl (C=O) groups is 2. The zero-order chi connectivity index (χ0) is 10.4. The average Bonchev–Trinajstić information content (AvgIpc) is 1.80. The molecule has 7 heteroatoms. The van der Waals surface area contributed by atoms with E-state index in [2.05, 4.69) is 14.0 Å². The van der Waals surface area contributed by atoms with Crippen molar-refractivity contribution in [1.29, 1.82) is 5.41 Å². The van der Waals surface area contributed by atoms with Crippen LogP contribution in [0.1, 0.15) is 20.8 Å². The Bertz CT molecular complexity index is 191. The van der Waals surface area contributed by atoms with E-state index in [1.807, 2.05) is 0 Å². The Hall–Kier alpha value is -1.53. The van der Waals surface area contributed by atoms with Gasteiger partial charge in [-0.25, -0.2) is 0 Å². The summed E-state index contributed by atoms with van der Waals surface area (Å²) in [4.78, 5) is 20.9. The van der Waals surface area contributed by atoms with Gasteiger partial charge in [0.05, 0.1) is 0 Å². The van der Waals surface area contributed by atoms with Crippen LogP contribution in [0.15, 0.2) is 0 Å². The lowest BCUT2D eigenvalue weighted by Gasteiger charge is -2.26. The van der Waals surface area contributed by atoms with Crippen molar-refractivity contribution in [3.63, 3.8) is 0 Å². The maximum atomic E-state index is 10.5. The van der Waals surface area contributed by atoms with Gasteiger partial charge in [-0.05, 0) is 0 Å². The van der Waals surface area contributed by atoms with Gasteiger partial charge in [-0.1, -0.05) is 0 Å². The van der Waals surface area contributed by atoms with Crippen molar-refractivity contribution in [3.8, 4) is 0 Å². The number of rotatable bonds is 3. The SMILES string of the molecule is CC(=N)O[BH-](OC(C)=O)OC(C)=O. The van der Waals surface area contributed by atoms with Crippen LogP contribution in [0.25, 0.3) is 0 Å². The highest BCUT2D eigenvalue weighted by molar-refractivity contribution is 6.43. The van der Waals surface area contributed by atoms with Gasteiger partial charge in [0.25, 0.3) is 11.9 Å². The van der Waals surface area contributed by atoms with Crippen LogP contribution in [0.4, 0.5) is 0 Å². The summed E-state index contributed by atoms with van der Waals surface area (Å²) in [6.07, 6.45) is 0. The van der Waals surface area contributed by atoms with Gasteiger partial charge in [0.2, 0.25) is 0 Å². The quantitative estimate of drug-likeness (QED) is 0.377. The lowest BCUT2D eigenvalue weighted by molar-refractivity contribution is -0.139. The Morgan fingerprint density at radius 3 is 1.62 bits per heavy atom. The Kier molecular flexibility index (Phi) is 4.57. The highest BCUT2D eigenvalue weighted by Gasteiger charge is 2.12. The second kappa shape index (κ2) is 5.18. The molecule has 0 atom stereocenters. The minimum absolute atomic E-state index is 0.178. The molecule has 0 radical (unpaired) electrons. The molecule has 0 aromatic rings. The van der Waals surface area contributed by atoms with Gasteiger partial charge < -0.3 is 14.0 Å². The highest BCUT2D eigenvalue weighted by atomic mass is 16.8. The first-order valence-corrected chi connectivity index (χ1v) is 3.64. The minimum atomic E-state index is -2.28. The van der Waals surface area contributed by atoms with E-state index in [1.54, 1.807) is 0 Å². The maximum Gasteiger partial charge on any atom is 0.540 e. The van der Waals surface area contributed by atoms with Crippen LogP contribution in [0.3, 0.4) is 0 Å². The second-order valence-corrected chi connectivity index (χ2v) is 2.33. The van der Waals surface area contributed by atoms with Crippen molar-refractivity contribution >= 4 is 25.2 Å². The van der Waals surface area contributed by atoms with Gasteiger partial charge in [0.15, 0.2) is 0 Å². The van der Waals surface area contributed by atoms with E-state index in [1.165, 1.54) is 6.92 Å². The third-order valence-corrected chi connectivity index (χ3v) is 0.977. The van der Waals surface area contributed by atoms with Crippen LogP contribution in [0.5, 0.6) is 0 Å². The summed E-state index contributed by atoms with van der Waals surface area (Å²) in [7, 11) is -2.28. The molecule has 1 N–H and O–H groups in total. The van der Waals surface area contributed by atoms with Gasteiger partial charge >= 0.3 is 7.32 Å². The van der Waals surface area contributed by atoms with Crippen molar-refractivity contribution in [1.82, 2.24) is 0 Å². The molecule has 0 amide bonds. The van der Waals surface area contributed by atoms with E-state index in [0.717, 1.165) is 13.8 Å². The summed E-state index contributed by atoms with van der Waals surface area (Å²) in [6.45, 7) is 3.66. The van der Waals surface area contributed by atoms with E-state index in [-0.39, 0.29) is 5.90 Å². The van der Waals surface area contributed by atoms with Gasteiger partial charge in [-0.3, -0.25) is 15.0 Å². The first-order valence-electron chi connectivity index (χ1n) is 3.64. The molecule has 0 bridgehead atoms. The Labute approximate surface area is 75.8 Å². The van der Waals surface area contributed by atoms with Gasteiger partial charge in [0.1, 0.15) is 5.90 Å². The first kappa shape index (κ1) is 11.5. The predicted octanol–water partition coefficient (Wildman–Crippen LogP) is -0.156. The standard InChI is InChI=1S/C6H11BNO5/c1-4(8)11-7(12-5(2)9)13-6(3)10/h7-8H,1-3H3/q-1. The molecule has 0 aliphatic carbocycles. The summed E-state index contributed by atoms with van der Waals surface area (Å²) < 4.78 is 13.7. The molecular formula is C6H11BNO5-. The average molecular weight is 188 g/mol. The molecule has 0 saturated carbocycles.